The number of rotatable bonds is 5. The summed E-state index contributed by atoms with van der Waals surface area (Å²) in [5, 5.41) is -1.68. The molecule has 0 radical (unpaired) electrons. The lowest BCUT2D eigenvalue weighted by atomic mass is 10.5. The molecule has 0 aromatic carbocycles. The summed E-state index contributed by atoms with van der Waals surface area (Å²) in [5.74, 6) is -1.17. The highest BCUT2D eigenvalue weighted by molar-refractivity contribution is 7.90. The molecule has 2 heterocycles. The number of nitrogens with zero attached hydrogens (tertiary/aromatic N) is 2. The fourth-order valence-electron chi connectivity index (χ4n) is 1.44. The minimum absolute atomic E-state index is 0.873. The molecular formula is C17H22N2O6S2. The van der Waals surface area contributed by atoms with Gasteiger partial charge in [-0.3, -0.25) is 0 Å². The molecule has 1 unspecified atom stereocenters. The van der Waals surface area contributed by atoms with E-state index in [-0.39, 0.29) is 0 Å². The Bertz CT molecular complexity index is 855. The minimum Gasteiger partial charge on any atom is -0.748 e. The van der Waals surface area contributed by atoms with Crippen molar-refractivity contribution in [2.45, 2.75) is 12.2 Å². The average molecular weight is 415 g/mol. The molecule has 10 heteroatoms. The van der Waals surface area contributed by atoms with E-state index in [1.807, 2.05) is 70.3 Å². The van der Waals surface area contributed by atoms with E-state index < -0.39 is 31.2 Å². The third kappa shape index (κ3) is 13.5. The number of hydrogen-bond donors (Lipinski definition) is 0. The van der Waals surface area contributed by atoms with Gasteiger partial charge in [-0.2, -0.15) is 9.13 Å². The van der Waals surface area contributed by atoms with Crippen LogP contribution in [-0.4, -0.2) is 36.9 Å². The van der Waals surface area contributed by atoms with Gasteiger partial charge in [0.05, 0.1) is 31.2 Å². The fourth-order valence-corrected chi connectivity index (χ4v) is 3.18. The van der Waals surface area contributed by atoms with E-state index in [9.17, 15) is 25.9 Å². The van der Waals surface area contributed by atoms with Crippen molar-refractivity contribution in [3.63, 3.8) is 0 Å². The summed E-state index contributed by atoms with van der Waals surface area (Å²) in [4.78, 5) is 0. The van der Waals surface area contributed by atoms with Crippen molar-refractivity contribution in [3.05, 3.63) is 74.3 Å². The monoisotopic (exact) mass is 414 g/mol. The lowest BCUT2D eigenvalue weighted by Gasteiger charge is -2.17. The van der Waals surface area contributed by atoms with Crippen LogP contribution in [0.25, 0.3) is 12.4 Å². The van der Waals surface area contributed by atoms with E-state index in [0.29, 0.717) is 0 Å². The average Bonchev–Trinajstić information content (AvgIpc) is 2.62. The first-order chi connectivity index (χ1) is 12.5. The van der Waals surface area contributed by atoms with Crippen LogP contribution in [0.5, 0.6) is 0 Å². The van der Waals surface area contributed by atoms with Crippen molar-refractivity contribution in [1.82, 2.24) is 0 Å². The molecule has 0 fully saturated rings. The topological polar surface area (TPSA) is 122 Å². The molecule has 0 amide bonds. The Kier molecular flexibility index (Phi) is 11.0. The van der Waals surface area contributed by atoms with Crippen molar-refractivity contribution >= 4 is 32.6 Å². The van der Waals surface area contributed by atoms with Crippen LogP contribution in [-0.2, 0) is 20.2 Å². The summed E-state index contributed by atoms with van der Waals surface area (Å²) >= 11 is 0. The van der Waals surface area contributed by atoms with E-state index in [2.05, 4.69) is 13.2 Å². The first-order valence-electron chi connectivity index (χ1n) is 7.54. The van der Waals surface area contributed by atoms with E-state index in [4.69, 9.17) is 0 Å². The molecule has 0 saturated heterocycles. The number of pyridine rings is 2. The molecule has 0 spiro atoms. The maximum atomic E-state index is 10.1. The Balaban J connectivity index is 0.000000381. The van der Waals surface area contributed by atoms with E-state index in [1.54, 1.807) is 12.4 Å². The lowest BCUT2D eigenvalue weighted by Crippen LogP contribution is -2.26. The Hall–Kier alpha value is -2.40. The van der Waals surface area contributed by atoms with Gasteiger partial charge in [-0.15, -0.1) is 0 Å². The molecule has 2 aromatic heterocycles. The summed E-state index contributed by atoms with van der Waals surface area (Å²) in [6.45, 7) is 8.06. The first-order valence-corrected chi connectivity index (χ1v) is 10.6. The quantitative estimate of drug-likeness (QED) is 0.522. The van der Waals surface area contributed by atoms with E-state index >= 15 is 0 Å². The van der Waals surface area contributed by atoms with Crippen LogP contribution < -0.4 is 9.13 Å². The largest absolute Gasteiger partial charge is 0.748 e. The second kappa shape index (κ2) is 12.1. The molecule has 2 rings (SSSR count). The Morgan fingerprint density at radius 2 is 1.15 bits per heavy atom. The van der Waals surface area contributed by atoms with Gasteiger partial charge in [0.1, 0.15) is 0 Å². The van der Waals surface area contributed by atoms with Gasteiger partial charge in [-0.25, -0.2) is 16.8 Å². The van der Waals surface area contributed by atoms with Crippen molar-refractivity contribution < 1.29 is 35.1 Å². The highest BCUT2D eigenvalue weighted by Crippen LogP contribution is 1.99. The Labute approximate surface area is 160 Å². The summed E-state index contributed by atoms with van der Waals surface area (Å²) in [5.41, 5.74) is 0. The van der Waals surface area contributed by atoms with Crippen LogP contribution in [0.2, 0.25) is 0 Å². The van der Waals surface area contributed by atoms with Crippen LogP contribution in [0, 0.1) is 0 Å². The predicted molar refractivity (Wildman–Crippen MR) is 99.8 cm³/mol. The smallest absolute Gasteiger partial charge is 0.174 e. The summed E-state index contributed by atoms with van der Waals surface area (Å²) < 4.78 is 63.7. The lowest BCUT2D eigenvalue weighted by molar-refractivity contribution is -0.568. The zero-order chi connectivity index (χ0) is 20.9. The van der Waals surface area contributed by atoms with Crippen molar-refractivity contribution in [2.24, 2.45) is 0 Å². The summed E-state index contributed by atoms with van der Waals surface area (Å²) in [7, 11) is -9.30. The Morgan fingerprint density at radius 1 is 0.815 bits per heavy atom. The van der Waals surface area contributed by atoms with Crippen LogP contribution >= 0.6 is 0 Å². The summed E-state index contributed by atoms with van der Waals surface area (Å²) in [6.07, 6.45) is 11.2. The van der Waals surface area contributed by atoms with Gasteiger partial charge in [-0.05, 0) is 20.1 Å². The third-order valence-electron chi connectivity index (χ3n) is 2.83. The highest BCUT2D eigenvalue weighted by atomic mass is 32.2. The third-order valence-corrected chi connectivity index (χ3v) is 5.10. The van der Waals surface area contributed by atoms with E-state index in [1.165, 1.54) is 0 Å². The Morgan fingerprint density at radius 3 is 1.30 bits per heavy atom. The molecule has 0 aliphatic rings. The van der Waals surface area contributed by atoms with Gasteiger partial charge >= 0.3 is 0 Å². The zero-order valence-electron chi connectivity index (χ0n) is 14.8. The molecule has 2 aromatic rings. The molecule has 0 bridgehead atoms. The molecule has 148 valence electrons. The van der Waals surface area contributed by atoms with Crippen LogP contribution in [0.3, 0.4) is 0 Å². The maximum absolute atomic E-state index is 10.1. The SMILES string of the molecule is C=C[n+]1ccccc1.C=C[n+]1ccccc1.CC(CS(=O)(=O)[O-])S(=O)(=O)[O-]. The number of aromatic nitrogens is 2. The van der Waals surface area contributed by atoms with Crippen LogP contribution in [0.1, 0.15) is 6.92 Å². The summed E-state index contributed by atoms with van der Waals surface area (Å²) in [6, 6.07) is 11.8. The van der Waals surface area contributed by atoms with Gasteiger partial charge in [0.15, 0.2) is 37.2 Å². The maximum Gasteiger partial charge on any atom is 0.174 e. The second-order valence-electron chi connectivity index (χ2n) is 5.04. The molecule has 1 atom stereocenters. The van der Waals surface area contributed by atoms with Crippen molar-refractivity contribution in [3.8, 4) is 0 Å². The van der Waals surface area contributed by atoms with Gasteiger partial charge in [0, 0.05) is 24.3 Å². The molecule has 8 nitrogen and oxygen atoms in total. The van der Waals surface area contributed by atoms with Gasteiger partial charge < -0.3 is 9.11 Å². The second-order valence-corrected chi connectivity index (χ2v) is 8.28. The fraction of sp³-hybridized carbons (Fsp3) is 0.176. The van der Waals surface area contributed by atoms with Crippen molar-refractivity contribution in [2.75, 3.05) is 5.75 Å². The van der Waals surface area contributed by atoms with Gasteiger partial charge in [0.2, 0.25) is 0 Å². The molecular weight excluding hydrogens is 392 g/mol. The molecule has 0 aliphatic carbocycles. The van der Waals surface area contributed by atoms with Crippen LogP contribution in [0.4, 0.5) is 0 Å². The molecule has 27 heavy (non-hydrogen) atoms. The first kappa shape index (κ1) is 24.6. The standard InChI is InChI=1S/2C7H8N.C3H8O6S2/c2*1-2-8-6-4-3-5-7-8;1-3(11(7,8)9)2-10(4,5)6/h2*2-7H,1H2;3H,2H2,1H3,(H,4,5,6)(H,7,8,9)/q2*+1;/p-2. The van der Waals surface area contributed by atoms with E-state index in [0.717, 1.165) is 6.92 Å². The highest BCUT2D eigenvalue weighted by Gasteiger charge is 2.12. The van der Waals surface area contributed by atoms with Gasteiger partial charge in [0.25, 0.3) is 0 Å². The molecule has 0 aliphatic heterocycles. The minimum atomic E-state index is -4.67. The molecule has 0 N–H and O–H groups in total. The van der Waals surface area contributed by atoms with Crippen molar-refractivity contribution in [1.29, 1.82) is 0 Å². The van der Waals surface area contributed by atoms with Crippen LogP contribution in [0.15, 0.2) is 74.3 Å². The predicted octanol–water partition coefficient (Wildman–Crippen LogP) is 0.615. The number of hydrogen-bond acceptors (Lipinski definition) is 6. The van der Waals surface area contributed by atoms with Gasteiger partial charge in [-0.1, -0.05) is 12.1 Å². The molecule has 0 saturated carbocycles. The normalized spacial score (nSPS) is 11.7. The zero-order valence-corrected chi connectivity index (χ0v) is 16.4.